The predicted molar refractivity (Wildman–Crippen MR) is 69.5 cm³/mol. The second-order valence-electron chi connectivity index (χ2n) is 3.41. The Labute approximate surface area is 110 Å². The number of aryl methyl sites for hydroxylation is 2. The Kier molecular flexibility index (Phi) is 4.48. The van der Waals surface area contributed by atoms with Gasteiger partial charge in [-0.05, 0) is 24.5 Å². The van der Waals surface area contributed by atoms with Gasteiger partial charge in [-0.3, -0.25) is 4.79 Å². The normalized spacial score (nSPS) is 11.3. The van der Waals surface area contributed by atoms with Gasteiger partial charge in [-0.15, -0.1) is 0 Å². The molecule has 0 aliphatic carbocycles. The Bertz CT molecular complexity index is 399. The molecule has 0 saturated carbocycles. The number of benzene rings is 1. The van der Waals surface area contributed by atoms with Crippen molar-refractivity contribution in [1.82, 2.24) is 0 Å². The van der Waals surface area contributed by atoms with Gasteiger partial charge < -0.3 is 5.32 Å². The average Bonchev–Trinajstić information content (AvgIpc) is 2.19. The Hall–Kier alpha value is -0.440. The van der Waals surface area contributed by atoms with E-state index in [9.17, 15) is 4.79 Å². The summed E-state index contributed by atoms with van der Waals surface area (Å²) in [4.78, 5) is 11.5. The molecule has 0 unspecified atom stereocenters. The summed E-state index contributed by atoms with van der Waals surface area (Å²) in [7, 11) is 0. The SMILES string of the molecule is CCc1cccc(C)c1NC(=O)C(Cl)(Cl)Cl. The Morgan fingerprint density at radius 3 is 2.50 bits per heavy atom. The first-order valence-electron chi connectivity index (χ1n) is 4.83. The minimum absolute atomic E-state index is 0.637. The molecule has 1 aromatic rings. The summed E-state index contributed by atoms with van der Waals surface area (Å²) < 4.78 is -1.94. The van der Waals surface area contributed by atoms with Crippen LogP contribution in [0.1, 0.15) is 18.1 Å². The maximum absolute atomic E-state index is 11.5. The first kappa shape index (κ1) is 13.6. The zero-order valence-electron chi connectivity index (χ0n) is 8.98. The fourth-order valence-corrected chi connectivity index (χ4v) is 1.53. The fraction of sp³-hybridized carbons (Fsp3) is 0.364. The van der Waals surface area contributed by atoms with Gasteiger partial charge in [0.1, 0.15) is 0 Å². The number of nitrogens with one attached hydrogen (secondary N) is 1. The molecule has 0 spiro atoms. The summed E-state index contributed by atoms with van der Waals surface area (Å²) >= 11 is 16.5. The predicted octanol–water partition coefficient (Wildman–Crippen LogP) is 3.87. The smallest absolute Gasteiger partial charge is 0.276 e. The van der Waals surface area contributed by atoms with Gasteiger partial charge in [-0.1, -0.05) is 59.9 Å². The Morgan fingerprint density at radius 1 is 1.38 bits per heavy atom. The summed E-state index contributed by atoms with van der Waals surface area (Å²) in [5, 5.41) is 2.63. The molecule has 0 heterocycles. The summed E-state index contributed by atoms with van der Waals surface area (Å²) in [5.74, 6) is -0.637. The van der Waals surface area contributed by atoms with Crippen LogP contribution in [0.15, 0.2) is 18.2 Å². The van der Waals surface area contributed by atoms with Crippen molar-refractivity contribution in [3.05, 3.63) is 29.3 Å². The van der Waals surface area contributed by atoms with E-state index in [-0.39, 0.29) is 0 Å². The molecule has 0 aliphatic rings. The van der Waals surface area contributed by atoms with E-state index < -0.39 is 9.70 Å². The zero-order chi connectivity index (χ0) is 12.3. The number of halogens is 3. The summed E-state index contributed by atoms with van der Waals surface area (Å²) in [6.07, 6.45) is 0.803. The molecule has 0 radical (unpaired) electrons. The van der Waals surface area contributed by atoms with Crippen LogP contribution in [0.2, 0.25) is 0 Å². The molecule has 88 valence electrons. The molecule has 1 N–H and O–H groups in total. The first-order chi connectivity index (χ1) is 7.36. The van der Waals surface area contributed by atoms with Crippen molar-refractivity contribution in [1.29, 1.82) is 0 Å². The molecular weight excluding hydrogens is 268 g/mol. The van der Waals surface area contributed by atoms with E-state index in [0.717, 1.165) is 23.2 Å². The molecule has 0 fully saturated rings. The average molecular weight is 281 g/mol. The number of para-hydroxylation sites is 1. The minimum Gasteiger partial charge on any atom is -0.322 e. The van der Waals surface area contributed by atoms with E-state index in [1.165, 1.54) is 0 Å². The highest BCUT2D eigenvalue weighted by molar-refractivity contribution is 6.76. The van der Waals surface area contributed by atoms with Crippen LogP contribution in [-0.4, -0.2) is 9.70 Å². The van der Waals surface area contributed by atoms with Crippen LogP contribution in [0, 0.1) is 6.92 Å². The van der Waals surface area contributed by atoms with Gasteiger partial charge in [0.2, 0.25) is 0 Å². The van der Waals surface area contributed by atoms with Gasteiger partial charge in [0, 0.05) is 5.69 Å². The van der Waals surface area contributed by atoms with Gasteiger partial charge in [0.25, 0.3) is 9.70 Å². The number of anilines is 1. The maximum atomic E-state index is 11.5. The third-order valence-electron chi connectivity index (χ3n) is 2.24. The number of carbonyl (C=O) groups is 1. The number of carbonyl (C=O) groups excluding carboxylic acids is 1. The monoisotopic (exact) mass is 279 g/mol. The van der Waals surface area contributed by atoms with E-state index in [1.54, 1.807) is 0 Å². The van der Waals surface area contributed by atoms with Gasteiger partial charge in [-0.25, -0.2) is 0 Å². The van der Waals surface area contributed by atoms with Crippen molar-refractivity contribution in [2.75, 3.05) is 5.32 Å². The fourth-order valence-electron chi connectivity index (χ4n) is 1.39. The van der Waals surface area contributed by atoms with E-state index >= 15 is 0 Å². The highest BCUT2D eigenvalue weighted by atomic mass is 35.6. The van der Waals surface area contributed by atoms with E-state index in [4.69, 9.17) is 34.8 Å². The quantitative estimate of drug-likeness (QED) is 0.819. The number of alkyl halides is 3. The van der Waals surface area contributed by atoms with E-state index in [1.807, 2.05) is 32.0 Å². The lowest BCUT2D eigenvalue weighted by molar-refractivity contribution is -0.115. The van der Waals surface area contributed by atoms with Crippen LogP contribution in [0.4, 0.5) is 5.69 Å². The van der Waals surface area contributed by atoms with Gasteiger partial charge in [0.05, 0.1) is 0 Å². The number of amides is 1. The van der Waals surface area contributed by atoms with Gasteiger partial charge >= 0.3 is 0 Å². The van der Waals surface area contributed by atoms with Crippen molar-refractivity contribution in [3.63, 3.8) is 0 Å². The molecule has 0 saturated heterocycles. The number of hydrogen-bond acceptors (Lipinski definition) is 1. The molecule has 1 rings (SSSR count). The maximum Gasteiger partial charge on any atom is 0.276 e. The molecule has 5 heteroatoms. The summed E-state index contributed by atoms with van der Waals surface area (Å²) in [6.45, 7) is 3.90. The van der Waals surface area contributed by atoms with Crippen molar-refractivity contribution in [2.24, 2.45) is 0 Å². The zero-order valence-corrected chi connectivity index (χ0v) is 11.2. The number of rotatable bonds is 2. The number of hydrogen-bond donors (Lipinski definition) is 1. The molecule has 16 heavy (non-hydrogen) atoms. The molecule has 0 atom stereocenters. The molecular formula is C11H12Cl3NO. The van der Waals surface area contributed by atoms with Crippen LogP contribution < -0.4 is 5.32 Å². The summed E-state index contributed by atoms with van der Waals surface area (Å²) in [5.41, 5.74) is 2.69. The van der Waals surface area contributed by atoms with Crippen LogP contribution in [0.3, 0.4) is 0 Å². The molecule has 0 aliphatic heterocycles. The Balaban J connectivity index is 3.01. The Morgan fingerprint density at radius 2 is 2.00 bits per heavy atom. The largest absolute Gasteiger partial charge is 0.322 e. The lowest BCUT2D eigenvalue weighted by Crippen LogP contribution is -2.27. The van der Waals surface area contributed by atoms with Crippen LogP contribution in [-0.2, 0) is 11.2 Å². The molecule has 1 amide bonds. The lowest BCUT2D eigenvalue weighted by Gasteiger charge is -2.16. The highest BCUT2D eigenvalue weighted by Crippen LogP contribution is 2.29. The van der Waals surface area contributed by atoms with E-state index in [0.29, 0.717) is 0 Å². The third-order valence-corrected chi connectivity index (χ3v) is 2.75. The topological polar surface area (TPSA) is 29.1 Å². The van der Waals surface area contributed by atoms with Gasteiger partial charge in [-0.2, -0.15) is 0 Å². The van der Waals surface area contributed by atoms with E-state index in [2.05, 4.69) is 5.32 Å². The second kappa shape index (κ2) is 5.26. The van der Waals surface area contributed by atoms with Crippen LogP contribution >= 0.6 is 34.8 Å². The highest BCUT2D eigenvalue weighted by Gasteiger charge is 2.31. The van der Waals surface area contributed by atoms with Crippen molar-refractivity contribution in [3.8, 4) is 0 Å². The molecule has 0 bridgehead atoms. The first-order valence-corrected chi connectivity index (χ1v) is 5.96. The molecule has 2 nitrogen and oxygen atoms in total. The van der Waals surface area contributed by atoms with Crippen LogP contribution in [0.5, 0.6) is 0 Å². The van der Waals surface area contributed by atoms with Crippen LogP contribution in [0.25, 0.3) is 0 Å². The van der Waals surface area contributed by atoms with Crippen molar-refractivity contribution >= 4 is 46.4 Å². The van der Waals surface area contributed by atoms with Crippen molar-refractivity contribution in [2.45, 2.75) is 24.1 Å². The summed E-state index contributed by atoms with van der Waals surface area (Å²) in [6, 6.07) is 5.76. The third kappa shape index (κ3) is 3.27. The minimum atomic E-state index is -1.94. The standard InChI is InChI=1S/C11H12Cl3NO/c1-3-8-6-4-5-7(2)9(8)15-10(16)11(12,13)14/h4-6H,3H2,1-2H3,(H,15,16). The van der Waals surface area contributed by atoms with Crippen molar-refractivity contribution < 1.29 is 4.79 Å². The second-order valence-corrected chi connectivity index (χ2v) is 5.70. The van der Waals surface area contributed by atoms with Gasteiger partial charge in [0.15, 0.2) is 0 Å². The lowest BCUT2D eigenvalue weighted by atomic mass is 10.1. The molecule has 1 aromatic carbocycles. The molecule has 0 aromatic heterocycles.